The molecule has 0 spiro atoms. The standard InChI is InChI=1S/C13H12N/c1-10-4-3-5-11(2)13(10)12-6-8-14-9-7-12/h3-8H,1-2H3. The molecule has 0 aliphatic heterocycles. The largest absolute Gasteiger partial charge is 0.255 e. The first-order chi connectivity index (χ1) is 6.79. The van der Waals surface area contributed by atoms with Crippen molar-refractivity contribution in [1.82, 2.24) is 4.98 Å². The first kappa shape index (κ1) is 8.95. The van der Waals surface area contributed by atoms with E-state index in [-0.39, 0.29) is 0 Å². The third-order valence-corrected chi connectivity index (χ3v) is 2.39. The summed E-state index contributed by atoms with van der Waals surface area (Å²) in [7, 11) is 0. The molecular formula is C13H12N. The quantitative estimate of drug-likeness (QED) is 0.660. The molecule has 0 aliphatic carbocycles. The van der Waals surface area contributed by atoms with Gasteiger partial charge in [-0.15, -0.1) is 0 Å². The Balaban J connectivity index is 2.63. The highest BCUT2D eigenvalue weighted by atomic mass is 14.6. The van der Waals surface area contributed by atoms with Gasteiger partial charge in [-0.25, -0.2) is 0 Å². The Bertz CT molecular complexity index is 412. The molecule has 2 rings (SSSR count). The topological polar surface area (TPSA) is 12.9 Å². The van der Waals surface area contributed by atoms with E-state index in [0.717, 1.165) is 0 Å². The highest BCUT2D eigenvalue weighted by molar-refractivity contribution is 5.69. The third-order valence-electron chi connectivity index (χ3n) is 2.39. The lowest BCUT2D eigenvalue weighted by Crippen LogP contribution is -1.87. The predicted molar refractivity (Wildman–Crippen MR) is 58.0 cm³/mol. The molecule has 0 amide bonds. The second-order valence-corrected chi connectivity index (χ2v) is 3.44. The van der Waals surface area contributed by atoms with E-state index < -0.39 is 0 Å². The minimum Gasteiger partial charge on any atom is -0.255 e. The first-order valence-corrected chi connectivity index (χ1v) is 4.68. The van der Waals surface area contributed by atoms with Gasteiger partial charge in [0, 0.05) is 6.20 Å². The highest BCUT2D eigenvalue weighted by Gasteiger charge is 2.03. The Kier molecular flexibility index (Phi) is 2.32. The summed E-state index contributed by atoms with van der Waals surface area (Å²) in [5.74, 6) is 0. The molecule has 1 heterocycles. The van der Waals surface area contributed by atoms with Crippen LogP contribution in [0.15, 0.2) is 36.5 Å². The molecule has 1 heteroatoms. The first-order valence-electron chi connectivity index (χ1n) is 4.68. The van der Waals surface area contributed by atoms with Gasteiger partial charge in [-0.3, -0.25) is 4.98 Å². The van der Waals surface area contributed by atoms with Crippen molar-refractivity contribution in [1.29, 1.82) is 0 Å². The maximum atomic E-state index is 3.91. The smallest absolute Gasteiger partial charge is 0.0892 e. The number of aryl methyl sites for hydroxylation is 2. The van der Waals surface area contributed by atoms with Crippen molar-refractivity contribution in [2.45, 2.75) is 13.8 Å². The Hall–Kier alpha value is -1.63. The van der Waals surface area contributed by atoms with Crippen LogP contribution in [0.5, 0.6) is 0 Å². The molecule has 0 fully saturated rings. The summed E-state index contributed by atoms with van der Waals surface area (Å²) in [4.78, 5) is 3.91. The van der Waals surface area contributed by atoms with Gasteiger partial charge in [0.05, 0.1) is 6.20 Å². The lowest BCUT2D eigenvalue weighted by Gasteiger charge is -2.08. The van der Waals surface area contributed by atoms with E-state index in [0.29, 0.717) is 0 Å². The number of hydrogen-bond acceptors (Lipinski definition) is 1. The average Bonchev–Trinajstić information content (AvgIpc) is 2.19. The van der Waals surface area contributed by atoms with Crippen LogP contribution in [0.2, 0.25) is 0 Å². The van der Waals surface area contributed by atoms with Crippen LogP contribution in [0.3, 0.4) is 0 Å². The maximum absolute atomic E-state index is 3.91. The molecule has 69 valence electrons. The minimum atomic E-state index is 1.19. The summed E-state index contributed by atoms with van der Waals surface area (Å²) in [6.07, 6.45) is 4.64. The molecule has 0 aliphatic rings. The number of nitrogens with zero attached hydrogens (tertiary/aromatic N) is 1. The van der Waals surface area contributed by atoms with Gasteiger partial charge < -0.3 is 0 Å². The van der Waals surface area contributed by atoms with Crippen LogP contribution >= 0.6 is 0 Å². The predicted octanol–water partition coefficient (Wildman–Crippen LogP) is 3.17. The monoisotopic (exact) mass is 182 g/mol. The molecule has 0 atom stereocenters. The van der Waals surface area contributed by atoms with Crippen molar-refractivity contribution in [3.8, 4) is 11.1 Å². The second-order valence-electron chi connectivity index (χ2n) is 3.44. The molecular weight excluding hydrogens is 170 g/mol. The average molecular weight is 182 g/mol. The third kappa shape index (κ3) is 1.53. The lowest BCUT2D eigenvalue weighted by atomic mass is 9.97. The van der Waals surface area contributed by atoms with Gasteiger partial charge in [0.25, 0.3) is 0 Å². The van der Waals surface area contributed by atoms with E-state index in [9.17, 15) is 0 Å². The summed E-state index contributed by atoms with van der Waals surface area (Å²) in [5.41, 5.74) is 5.08. The Morgan fingerprint density at radius 1 is 1.07 bits per heavy atom. The fourth-order valence-electron chi connectivity index (χ4n) is 1.74. The summed E-state index contributed by atoms with van der Waals surface area (Å²) in [5, 5.41) is 0. The number of aromatic nitrogens is 1. The summed E-state index contributed by atoms with van der Waals surface area (Å²) >= 11 is 0. The number of rotatable bonds is 1. The van der Waals surface area contributed by atoms with Crippen LogP contribution in [-0.2, 0) is 0 Å². The van der Waals surface area contributed by atoms with Gasteiger partial charge >= 0.3 is 0 Å². The summed E-state index contributed by atoms with van der Waals surface area (Å²) in [6, 6.07) is 10.3. The van der Waals surface area contributed by atoms with E-state index in [1.54, 1.807) is 6.20 Å². The summed E-state index contributed by atoms with van der Waals surface area (Å²) in [6.45, 7) is 4.26. The van der Waals surface area contributed by atoms with E-state index in [1.807, 2.05) is 12.1 Å². The molecule has 14 heavy (non-hydrogen) atoms. The zero-order valence-electron chi connectivity index (χ0n) is 8.41. The van der Waals surface area contributed by atoms with Crippen LogP contribution in [0.1, 0.15) is 11.1 Å². The zero-order valence-corrected chi connectivity index (χ0v) is 8.41. The van der Waals surface area contributed by atoms with Gasteiger partial charge in [0.15, 0.2) is 0 Å². The van der Waals surface area contributed by atoms with Gasteiger partial charge in [-0.1, -0.05) is 18.2 Å². The van der Waals surface area contributed by atoms with Crippen molar-refractivity contribution in [2.75, 3.05) is 0 Å². The second kappa shape index (κ2) is 3.62. The molecule has 0 saturated heterocycles. The van der Waals surface area contributed by atoms with E-state index >= 15 is 0 Å². The van der Waals surface area contributed by atoms with Crippen LogP contribution < -0.4 is 0 Å². The maximum Gasteiger partial charge on any atom is 0.0892 e. The van der Waals surface area contributed by atoms with Gasteiger partial charge in [-0.05, 0) is 48.2 Å². The normalized spacial score (nSPS) is 10.1. The molecule has 2 aromatic rings. The van der Waals surface area contributed by atoms with Crippen LogP contribution in [0.25, 0.3) is 11.1 Å². The molecule has 1 aromatic carbocycles. The molecule has 0 bridgehead atoms. The number of hydrogen-bond donors (Lipinski definition) is 0. The van der Waals surface area contributed by atoms with Gasteiger partial charge in [0.2, 0.25) is 0 Å². The van der Waals surface area contributed by atoms with Crippen molar-refractivity contribution >= 4 is 0 Å². The molecule has 0 saturated carbocycles. The lowest BCUT2D eigenvalue weighted by molar-refractivity contribution is 1.30. The Morgan fingerprint density at radius 3 is 2.36 bits per heavy atom. The van der Waals surface area contributed by atoms with Crippen molar-refractivity contribution < 1.29 is 0 Å². The molecule has 1 aromatic heterocycles. The SMILES string of the molecule is Cc1cccc(C)c1-c1c[c]ncc1. The Morgan fingerprint density at radius 2 is 1.79 bits per heavy atom. The molecule has 1 radical (unpaired) electrons. The Labute approximate surface area is 84.4 Å². The van der Waals surface area contributed by atoms with Crippen LogP contribution in [0.4, 0.5) is 0 Å². The van der Waals surface area contributed by atoms with Crippen molar-refractivity contribution in [3.05, 3.63) is 53.9 Å². The molecule has 0 unspecified atom stereocenters. The van der Waals surface area contributed by atoms with Gasteiger partial charge in [0.1, 0.15) is 0 Å². The molecule has 1 nitrogen and oxygen atoms in total. The minimum absolute atomic E-state index is 1.19. The van der Waals surface area contributed by atoms with Gasteiger partial charge in [-0.2, -0.15) is 0 Å². The summed E-state index contributed by atoms with van der Waals surface area (Å²) < 4.78 is 0. The fourth-order valence-corrected chi connectivity index (χ4v) is 1.74. The number of pyridine rings is 1. The highest BCUT2D eigenvalue weighted by Crippen LogP contribution is 2.25. The fraction of sp³-hybridized carbons (Fsp3) is 0.154. The van der Waals surface area contributed by atoms with E-state index in [1.165, 1.54) is 22.3 Å². The van der Waals surface area contributed by atoms with Crippen LogP contribution in [-0.4, -0.2) is 4.98 Å². The number of benzene rings is 1. The molecule has 0 N–H and O–H groups in total. The van der Waals surface area contributed by atoms with Crippen molar-refractivity contribution in [3.63, 3.8) is 0 Å². The van der Waals surface area contributed by atoms with E-state index in [2.05, 4.69) is 43.2 Å². The van der Waals surface area contributed by atoms with E-state index in [4.69, 9.17) is 0 Å². The zero-order chi connectivity index (χ0) is 9.97. The van der Waals surface area contributed by atoms with Crippen LogP contribution in [0, 0.1) is 20.0 Å². The van der Waals surface area contributed by atoms with Crippen molar-refractivity contribution in [2.24, 2.45) is 0 Å².